The molecule has 2 atom stereocenters. The van der Waals surface area contributed by atoms with Crippen molar-refractivity contribution in [3.63, 3.8) is 0 Å². The zero-order valence-corrected chi connectivity index (χ0v) is 16.1. The van der Waals surface area contributed by atoms with E-state index in [2.05, 4.69) is 11.9 Å². The van der Waals surface area contributed by atoms with Crippen molar-refractivity contribution in [2.45, 2.75) is 18.9 Å². The Hall–Kier alpha value is -2.48. The summed E-state index contributed by atoms with van der Waals surface area (Å²) >= 11 is 0. The van der Waals surface area contributed by atoms with Gasteiger partial charge in [-0.15, -0.1) is 6.58 Å². The molecule has 1 aromatic rings. The molecule has 2 aliphatic rings. The lowest BCUT2D eigenvalue weighted by molar-refractivity contribution is -0.139. The molecule has 2 aliphatic heterocycles. The van der Waals surface area contributed by atoms with Crippen molar-refractivity contribution in [1.29, 1.82) is 0 Å². The number of anilines is 2. The number of hydrogen-bond donors (Lipinski definition) is 3. The Labute approximate surface area is 164 Å². The molecule has 1 fully saturated rings. The number of amides is 2. The Morgan fingerprint density at radius 3 is 2.86 bits per heavy atom. The molecule has 1 saturated heterocycles. The second-order valence-corrected chi connectivity index (χ2v) is 7.12. The van der Waals surface area contributed by atoms with Crippen LogP contribution < -0.4 is 15.1 Å². The molecule has 150 valence electrons. The number of nitrogens with one attached hydrogen (secondary N) is 1. The molecule has 0 bridgehead atoms. The molecule has 0 aliphatic carbocycles. The second kappa shape index (κ2) is 8.26. The summed E-state index contributed by atoms with van der Waals surface area (Å²) in [5, 5.41) is 23.5. The fourth-order valence-corrected chi connectivity index (χ4v) is 3.81. The number of rotatable bonds is 7. The first-order chi connectivity index (χ1) is 13.4. The third kappa shape index (κ3) is 3.37. The molecule has 0 saturated carbocycles. The van der Waals surface area contributed by atoms with Crippen LogP contribution in [0.15, 0.2) is 43.0 Å². The van der Waals surface area contributed by atoms with Crippen LogP contribution in [0.4, 0.5) is 11.4 Å². The molecular formula is C21H27N3O4. The van der Waals surface area contributed by atoms with Gasteiger partial charge in [-0.25, -0.2) is 0 Å². The van der Waals surface area contributed by atoms with Crippen LogP contribution in [0.1, 0.15) is 18.9 Å². The maximum Gasteiger partial charge on any atom is 0.264 e. The highest BCUT2D eigenvalue weighted by atomic mass is 16.3. The Bertz CT molecular complexity index is 807. The van der Waals surface area contributed by atoms with E-state index in [4.69, 9.17) is 5.11 Å². The van der Waals surface area contributed by atoms with Crippen LogP contribution in [0.5, 0.6) is 0 Å². The summed E-state index contributed by atoms with van der Waals surface area (Å²) in [6.45, 7) is 7.26. The number of aliphatic hydroxyl groups excluding tert-OH is 1. The molecule has 28 heavy (non-hydrogen) atoms. The predicted octanol–water partition coefficient (Wildman–Crippen LogP) is 0.918. The van der Waals surface area contributed by atoms with E-state index in [0.29, 0.717) is 36.4 Å². The van der Waals surface area contributed by atoms with Crippen LogP contribution in [0.2, 0.25) is 0 Å². The number of carbonyl (C=O) groups excluding carboxylic acids is 2. The van der Waals surface area contributed by atoms with Gasteiger partial charge in [0.05, 0.1) is 12.2 Å². The highest BCUT2D eigenvalue weighted by molar-refractivity contribution is 6.08. The smallest absolute Gasteiger partial charge is 0.264 e. The minimum Gasteiger partial charge on any atom is -0.396 e. The molecule has 0 radical (unpaired) electrons. The number of aliphatic hydroxyl groups is 2. The van der Waals surface area contributed by atoms with E-state index in [0.717, 1.165) is 0 Å². The fraction of sp³-hybridized carbons (Fsp3) is 0.429. The predicted molar refractivity (Wildman–Crippen MR) is 108 cm³/mol. The lowest BCUT2D eigenvalue weighted by Crippen LogP contribution is -2.48. The van der Waals surface area contributed by atoms with Crippen molar-refractivity contribution < 1.29 is 19.8 Å². The van der Waals surface area contributed by atoms with Crippen molar-refractivity contribution in [2.75, 3.05) is 42.6 Å². The summed E-state index contributed by atoms with van der Waals surface area (Å²) in [4.78, 5) is 28.6. The van der Waals surface area contributed by atoms with E-state index in [1.807, 2.05) is 6.07 Å². The van der Waals surface area contributed by atoms with Crippen LogP contribution >= 0.6 is 0 Å². The average molecular weight is 385 g/mol. The van der Waals surface area contributed by atoms with Crippen LogP contribution in [-0.4, -0.2) is 54.8 Å². The van der Waals surface area contributed by atoms with Gasteiger partial charge in [0, 0.05) is 43.4 Å². The van der Waals surface area contributed by atoms with Gasteiger partial charge in [0.15, 0.2) is 5.60 Å². The molecule has 0 aromatic heterocycles. The summed E-state index contributed by atoms with van der Waals surface area (Å²) in [5.74, 6) is -0.959. The normalized spacial score (nSPS) is 23.4. The SMILES string of the molecule is C=CCN1C(=O)[C@@](O)([C@@H](C)/C=C/CCO)c2cc(N3CCNCC3=O)ccc21. The summed E-state index contributed by atoms with van der Waals surface area (Å²) in [6.07, 6.45) is 5.58. The van der Waals surface area contributed by atoms with E-state index < -0.39 is 17.4 Å². The monoisotopic (exact) mass is 385 g/mol. The number of carbonyl (C=O) groups is 2. The molecule has 1 aromatic carbocycles. The molecule has 3 rings (SSSR count). The first-order valence-corrected chi connectivity index (χ1v) is 9.53. The van der Waals surface area contributed by atoms with E-state index in [1.54, 1.807) is 42.2 Å². The van der Waals surface area contributed by atoms with Gasteiger partial charge in [-0.1, -0.05) is 25.2 Å². The second-order valence-electron chi connectivity index (χ2n) is 7.12. The Morgan fingerprint density at radius 2 is 2.18 bits per heavy atom. The zero-order valence-electron chi connectivity index (χ0n) is 16.1. The fourth-order valence-electron chi connectivity index (χ4n) is 3.81. The topological polar surface area (TPSA) is 93.1 Å². The van der Waals surface area contributed by atoms with Crippen molar-refractivity contribution in [3.05, 3.63) is 48.6 Å². The van der Waals surface area contributed by atoms with Gasteiger partial charge < -0.3 is 25.3 Å². The minimum atomic E-state index is -1.74. The summed E-state index contributed by atoms with van der Waals surface area (Å²) in [5.41, 5.74) is 0.0474. The van der Waals surface area contributed by atoms with Crippen LogP contribution in [0, 0.1) is 5.92 Å². The lowest BCUT2D eigenvalue weighted by Gasteiger charge is -2.30. The van der Waals surface area contributed by atoms with Gasteiger partial charge in [-0.2, -0.15) is 0 Å². The van der Waals surface area contributed by atoms with Gasteiger partial charge in [0.2, 0.25) is 5.91 Å². The molecule has 0 unspecified atom stereocenters. The first kappa shape index (κ1) is 20.3. The minimum absolute atomic E-state index is 0.00399. The third-order valence-electron chi connectivity index (χ3n) is 5.35. The maximum absolute atomic E-state index is 13.2. The van der Waals surface area contributed by atoms with Crippen molar-refractivity contribution in [1.82, 2.24) is 5.32 Å². The highest BCUT2D eigenvalue weighted by Gasteiger charge is 2.52. The number of hydrogen-bond acceptors (Lipinski definition) is 5. The van der Waals surface area contributed by atoms with Gasteiger partial charge >= 0.3 is 0 Å². The number of benzene rings is 1. The summed E-state index contributed by atoms with van der Waals surface area (Å²) < 4.78 is 0. The van der Waals surface area contributed by atoms with Crippen molar-refractivity contribution in [2.24, 2.45) is 5.92 Å². The van der Waals surface area contributed by atoms with Gasteiger partial charge in [0.25, 0.3) is 5.91 Å². The molecule has 7 heteroatoms. The summed E-state index contributed by atoms with van der Waals surface area (Å²) in [6, 6.07) is 5.34. The van der Waals surface area contributed by atoms with Crippen LogP contribution in [0.25, 0.3) is 0 Å². The highest BCUT2D eigenvalue weighted by Crippen LogP contribution is 2.46. The van der Waals surface area contributed by atoms with Gasteiger partial charge in [-0.05, 0) is 24.6 Å². The van der Waals surface area contributed by atoms with E-state index in [-0.39, 0.29) is 25.6 Å². The van der Waals surface area contributed by atoms with E-state index >= 15 is 0 Å². The summed E-state index contributed by atoms with van der Waals surface area (Å²) in [7, 11) is 0. The van der Waals surface area contributed by atoms with E-state index in [1.165, 1.54) is 4.90 Å². The van der Waals surface area contributed by atoms with Crippen LogP contribution in [-0.2, 0) is 15.2 Å². The molecule has 2 amide bonds. The first-order valence-electron chi connectivity index (χ1n) is 9.53. The number of piperazine rings is 1. The molecular weight excluding hydrogens is 358 g/mol. The molecule has 2 heterocycles. The van der Waals surface area contributed by atoms with Crippen molar-refractivity contribution >= 4 is 23.2 Å². The number of fused-ring (bicyclic) bond motifs is 1. The largest absolute Gasteiger partial charge is 0.396 e. The van der Waals surface area contributed by atoms with E-state index in [9.17, 15) is 14.7 Å². The Kier molecular flexibility index (Phi) is 5.98. The van der Waals surface area contributed by atoms with Crippen LogP contribution in [0.3, 0.4) is 0 Å². The zero-order chi connectivity index (χ0) is 20.3. The van der Waals surface area contributed by atoms with Gasteiger partial charge in [0.1, 0.15) is 0 Å². The third-order valence-corrected chi connectivity index (χ3v) is 5.35. The average Bonchev–Trinajstić information content (AvgIpc) is 2.91. The Balaban J connectivity index is 2.05. The molecule has 3 N–H and O–H groups in total. The lowest BCUT2D eigenvalue weighted by atomic mass is 9.82. The quantitative estimate of drug-likeness (QED) is 0.607. The van der Waals surface area contributed by atoms with Gasteiger partial charge in [-0.3, -0.25) is 9.59 Å². The standard InChI is InChI=1S/C21H27N3O4/c1-3-10-24-18-8-7-16(23-11-9-22-14-19(23)26)13-17(18)21(28,20(24)27)15(2)6-4-5-12-25/h3-4,6-8,13,15,22,25,28H,1,5,9-12,14H2,2H3/b6-4+/t15-,21+/m0/s1. The molecule has 7 nitrogen and oxygen atoms in total. The Morgan fingerprint density at radius 1 is 1.39 bits per heavy atom. The number of nitrogens with zero attached hydrogens (tertiary/aromatic N) is 2. The molecule has 0 spiro atoms. The van der Waals surface area contributed by atoms with Crippen molar-refractivity contribution in [3.8, 4) is 0 Å². The maximum atomic E-state index is 13.2.